The highest BCUT2D eigenvalue weighted by Crippen LogP contribution is 2.42. The van der Waals surface area contributed by atoms with E-state index < -0.39 is 11.7 Å². The van der Waals surface area contributed by atoms with Crippen molar-refractivity contribution in [1.29, 1.82) is 0 Å². The lowest BCUT2D eigenvalue weighted by atomic mass is 10.0. The molecule has 32 heavy (non-hydrogen) atoms. The van der Waals surface area contributed by atoms with E-state index in [0.29, 0.717) is 22.2 Å². The number of hydrogen-bond donors (Lipinski definition) is 2. The summed E-state index contributed by atoms with van der Waals surface area (Å²) in [5.41, 5.74) is 1.75. The van der Waals surface area contributed by atoms with Gasteiger partial charge in [-0.15, -0.1) is 23.1 Å². The van der Waals surface area contributed by atoms with Crippen LogP contribution in [0.25, 0.3) is 10.6 Å². The van der Waals surface area contributed by atoms with Crippen LogP contribution in [0, 0.1) is 0 Å². The Morgan fingerprint density at radius 3 is 2.81 bits per heavy atom. The first kappa shape index (κ1) is 23.3. The third kappa shape index (κ3) is 4.89. The second-order valence-corrected chi connectivity index (χ2v) is 9.53. The molecule has 0 bridgehead atoms. The molecule has 4 rings (SSSR count). The lowest BCUT2D eigenvalue weighted by Gasteiger charge is -2.19. The van der Waals surface area contributed by atoms with Crippen LogP contribution in [0.15, 0.2) is 29.3 Å². The number of nitrogens with zero attached hydrogens (tertiary/aromatic N) is 2. The van der Waals surface area contributed by atoms with E-state index in [0.717, 1.165) is 46.6 Å². The molecule has 1 aliphatic rings. The fraction of sp³-hybridized carbons (Fsp3) is 0.333. The monoisotopic (exact) mass is 500 g/mol. The summed E-state index contributed by atoms with van der Waals surface area (Å²) in [6.45, 7) is 1.91. The number of ether oxygens (including phenoxy) is 1. The van der Waals surface area contributed by atoms with Crippen molar-refractivity contribution in [3.63, 3.8) is 0 Å². The largest absolute Gasteiger partial charge is 0.420 e. The molecule has 0 radical (unpaired) electrons. The molecule has 170 valence electrons. The Labute approximate surface area is 196 Å². The Hall–Kier alpha value is -1.85. The molecule has 2 aromatic heterocycles. The Bertz CT molecular complexity index is 1140. The molecule has 0 unspecified atom stereocenters. The average Bonchev–Trinajstić information content (AvgIpc) is 3.16. The summed E-state index contributed by atoms with van der Waals surface area (Å²) < 4.78 is 46.4. The molecule has 0 saturated carbocycles. The van der Waals surface area contributed by atoms with E-state index >= 15 is 0 Å². The number of rotatable bonds is 6. The molecule has 0 aliphatic carbocycles. The van der Waals surface area contributed by atoms with Crippen LogP contribution >= 0.6 is 34.7 Å². The third-order valence-corrected chi connectivity index (χ3v) is 7.38. The van der Waals surface area contributed by atoms with Gasteiger partial charge in [-0.05, 0) is 48.5 Å². The van der Waals surface area contributed by atoms with Gasteiger partial charge in [0, 0.05) is 29.6 Å². The minimum Gasteiger partial charge on any atom is -0.379 e. The smallest absolute Gasteiger partial charge is 0.379 e. The Morgan fingerprint density at radius 2 is 2.09 bits per heavy atom. The van der Waals surface area contributed by atoms with Crippen LogP contribution in [0.1, 0.15) is 21.6 Å². The van der Waals surface area contributed by atoms with Gasteiger partial charge in [0.2, 0.25) is 5.95 Å². The number of benzene rings is 1. The van der Waals surface area contributed by atoms with Crippen molar-refractivity contribution in [3.8, 4) is 10.6 Å². The number of hydrogen-bond acceptors (Lipinski definition) is 7. The van der Waals surface area contributed by atoms with Crippen LogP contribution in [0.5, 0.6) is 0 Å². The number of methoxy groups -OCH3 is 1. The summed E-state index contributed by atoms with van der Waals surface area (Å²) in [7, 11) is 1.55. The van der Waals surface area contributed by atoms with Gasteiger partial charge in [-0.2, -0.15) is 13.2 Å². The number of aromatic nitrogens is 2. The molecule has 1 aliphatic heterocycles. The predicted molar refractivity (Wildman–Crippen MR) is 123 cm³/mol. The van der Waals surface area contributed by atoms with Crippen molar-refractivity contribution in [2.75, 3.05) is 25.2 Å². The molecule has 0 amide bonds. The summed E-state index contributed by atoms with van der Waals surface area (Å²) in [6, 6.07) is 5.48. The first-order chi connectivity index (χ1) is 15.3. The predicted octanol–water partition coefficient (Wildman–Crippen LogP) is 6.13. The zero-order valence-corrected chi connectivity index (χ0v) is 19.7. The summed E-state index contributed by atoms with van der Waals surface area (Å²) >= 11 is 9.09. The van der Waals surface area contributed by atoms with Crippen molar-refractivity contribution in [2.45, 2.75) is 30.6 Å². The summed E-state index contributed by atoms with van der Waals surface area (Å²) in [6.07, 6.45) is -1.06. The lowest BCUT2D eigenvalue weighted by molar-refractivity contribution is -0.137. The molecule has 0 saturated heterocycles. The number of nitrogens with one attached hydrogen (secondary N) is 2. The zero-order chi connectivity index (χ0) is 22.9. The van der Waals surface area contributed by atoms with Gasteiger partial charge in [0.15, 0.2) is 0 Å². The van der Waals surface area contributed by atoms with Crippen LogP contribution in [0.2, 0.25) is 5.02 Å². The fourth-order valence-electron chi connectivity index (χ4n) is 3.49. The van der Waals surface area contributed by atoms with E-state index in [1.54, 1.807) is 13.2 Å². The molecule has 0 fully saturated rings. The maximum Gasteiger partial charge on any atom is 0.420 e. The van der Waals surface area contributed by atoms with E-state index in [9.17, 15) is 13.2 Å². The molecule has 11 heteroatoms. The van der Waals surface area contributed by atoms with Gasteiger partial charge in [0.25, 0.3) is 0 Å². The van der Waals surface area contributed by atoms with Crippen molar-refractivity contribution in [2.24, 2.45) is 0 Å². The molecular formula is C21H20ClF3N4OS2. The summed E-state index contributed by atoms with van der Waals surface area (Å²) in [4.78, 5) is 10.3. The van der Waals surface area contributed by atoms with E-state index in [2.05, 4.69) is 20.6 Å². The average molecular weight is 501 g/mol. The van der Waals surface area contributed by atoms with Crippen molar-refractivity contribution in [1.82, 2.24) is 15.3 Å². The number of thioether (sulfide) groups is 1. The summed E-state index contributed by atoms with van der Waals surface area (Å²) in [5, 5.41) is 6.75. The Kier molecular flexibility index (Phi) is 6.97. The van der Waals surface area contributed by atoms with Gasteiger partial charge in [-0.3, -0.25) is 0 Å². The molecule has 1 aromatic carbocycles. The molecule has 0 atom stereocenters. The zero-order valence-electron chi connectivity index (χ0n) is 17.3. The van der Waals surface area contributed by atoms with E-state index in [4.69, 9.17) is 16.3 Å². The second kappa shape index (κ2) is 9.56. The van der Waals surface area contributed by atoms with Crippen LogP contribution in [-0.2, 0) is 30.5 Å². The van der Waals surface area contributed by atoms with Gasteiger partial charge in [-0.1, -0.05) is 11.6 Å². The van der Waals surface area contributed by atoms with Gasteiger partial charge in [0.1, 0.15) is 5.56 Å². The van der Waals surface area contributed by atoms with Crippen molar-refractivity contribution < 1.29 is 17.9 Å². The maximum atomic E-state index is 13.7. The standard InChI is InChI=1S/C21H20ClF3N4OS2/c1-30-10-18-16(31-2)7-17(32-18)19-13(21(23,24)25)9-27-20(29-19)28-15-6-11-3-4-26-8-12(11)5-14(15)22/h5-7,9,26H,3-4,8,10H2,1-2H3,(H,27,28,29). The highest BCUT2D eigenvalue weighted by Gasteiger charge is 2.36. The highest BCUT2D eigenvalue weighted by molar-refractivity contribution is 7.98. The minimum atomic E-state index is -4.59. The fourth-order valence-corrected chi connectivity index (χ4v) is 5.73. The molecule has 3 heterocycles. The quantitative estimate of drug-likeness (QED) is 0.397. The lowest BCUT2D eigenvalue weighted by Crippen LogP contribution is -2.23. The minimum absolute atomic E-state index is 0.0520. The van der Waals surface area contributed by atoms with Gasteiger partial charge in [0.05, 0.1) is 27.9 Å². The molecule has 3 aromatic rings. The SMILES string of the molecule is COCc1sc(-c2nc(Nc3cc4c(cc3Cl)CNCC4)ncc2C(F)(F)F)cc1SC. The molecule has 5 nitrogen and oxygen atoms in total. The number of fused-ring (bicyclic) bond motifs is 1. The van der Waals surface area contributed by atoms with Crippen LogP contribution < -0.4 is 10.6 Å². The maximum absolute atomic E-state index is 13.7. The van der Waals surface area contributed by atoms with Crippen LogP contribution in [-0.4, -0.2) is 29.9 Å². The second-order valence-electron chi connectivity index (χ2n) is 7.14. The first-order valence-corrected chi connectivity index (χ1v) is 12.1. The number of halogens is 4. The van der Waals surface area contributed by atoms with Crippen molar-refractivity contribution in [3.05, 3.63) is 51.0 Å². The Balaban J connectivity index is 1.75. The van der Waals surface area contributed by atoms with Gasteiger partial charge >= 0.3 is 6.18 Å². The highest BCUT2D eigenvalue weighted by atomic mass is 35.5. The van der Waals surface area contributed by atoms with Crippen LogP contribution in [0.3, 0.4) is 0 Å². The van der Waals surface area contributed by atoms with Gasteiger partial charge < -0.3 is 15.4 Å². The first-order valence-electron chi connectivity index (χ1n) is 9.69. The Morgan fingerprint density at radius 1 is 1.28 bits per heavy atom. The molecular weight excluding hydrogens is 481 g/mol. The molecule has 0 spiro atoms. The topological polar surface area (TPSA) is 59.1 Å². The normalized spacial score (nSPS) is 13.8. The number of thiophene rings is 1. The van der Waals surface area contributed by atoms with Gasteiger partial charge in [-0.25, -0.2) is 9.97 Å². The molecule has 2 N–H and O–H groups in total. The van der Waals surface area contributed by atoms with Crippen molar-refractivity contribution >= 4 is 46.3 Å². The van der Waals surface area contributed by atoms with E-state index in [1.165, 1.54) is 23.1 Å². The number of alkyl halides is 3. The third-order valence-electron chi connectivity index (χ3n) is 5.02. The van der Waals surface area contributed by atoms with E-state index in [1.807, 2.05) is 18.4 Å². The van der Waals surface area contributed by atoms with Crippen LogP contribution in [0.4, 0.5) is 24.8 Å². The summed E-state index contributed by atoms with van der Waals surface area (Å²) in [5.74, 6) is 0.0520. The van der Waals surface area contributed by atoms with E-state index in [-0.39, 0.29) is 11.6 Å². The number of anilines is 2.